The molecule has 268 valence electrons. The minimum atomic E-state index is -2.67. The predicted octanol–water partition coefficient (Wildman–Crippen LogP) is 10.7. The van der Waals surface area contributed by atoms with Crippen molar-refractivity contribution in [2.24, 2.45) is 0 Å². The molecule has 0 aliphatic carbocycles. The molecule has 2 aliphatic rings. The highest BCUT2D eigenvalue weighted by atomic mass is 32.4. The molecule has 0 saturated carbocycles. The maximum atomic E-state index is 7.51. The maximum absolute atomic E-state index is 7.51. The average Bonchev–Trinajstić information content (AvgIpc) is 3.15. The van der Waals surface area contributed by atoms with Gasteiger partial charge in [0.2, 0.25) is 0 Å². The van der Waals surface area contributed by atoms with E-state index >= 15 is 0 Å². The molecule has 2 aliphatic heterocycles. The van der Waals surface area contributed by atoms with Crippen molar-refractivity contribution in [1.29, 1.82) is 0 Å². The lowest BCUT2D eigenvalue weighted by Crippen LogP contribution is -2.47. The number of rotatable bonds is 3. The fourth-order valence-electron chi connectivity index (χ4n) is 9.28. The Balaban J connectivity index is 1.66. The van der Waals surface area contributed by atoms with Crippen LogP contribution in [0.15, 0.2) is 78.9 Å². The minimum absolute atomic E-state index is 1.20. The third-order valence-corrected chi connectivity index (χ3v) is 23.2. The molecule has 0 fully saturated rings. The number of hydrogen-bond donors (Lipinski definition) is 0. The fraction of sp³-hybridized carbons (Fsp3) is 0.250. The van der Waals surface area contributed by atoms with E-state index in [2.05, 4.69) is 167 Å². The lowest BCUT2D eigenvalue weighted by molar-refractivity contribution is 1.19. The Morgan fingerprint density at radius 3 is 1.11 bits per heavy atom. The first-order valence-corrected chi connectivity index (χ1v) is 24.3. The second kappa shape index (κ2) is 12.5. The SMILES string of the molecule is Cc1ccc2c(c1)P(=S)(c1c(C)c(C)c(C)c(C)c1C)c1cc(-c3ccccc3)cc3c1N2c1ccc(C)cc1P3(=S)c1c(C)c(C)c(C)c(C)c1C. The molecule has 2 heterocycles. The van der Waals surface area contributed by atoms with Gasteiger partial charge in [0.25, 0.3) is 0 Å². The third kappa shape index (κ3) is 4.87. The van der Waals surface area contributed by atoms with Gasteiger partial charge < -0.3 is 4.90 Å². The molecule has 0 spiro atoms. The summed E-state index contributed by atoms with van der Waals surface area (Å²) in [7, 11) is 0. The summed E-state index contributed by atoms with van der Waals surface area (Å²) in [5.74, 6) is 0. The molecule has 2 unspecified atom stereocenters. The maximum Gasteiger partial charge on any atom is 0.0644 e. The van der Waals surface area contributed by atoms with Gasteiger partial charge in [-0.25, -0.2) is 0 Å². The van der Waals surface area contributed by atoms with Crippen molar-refractivity contribution < 1.29 is 0 Å². The molecule has 0 amide bonds. The smallest absolute Gasteiger partial charge is 0.0644 e. The second-order valence-corrected chi connectivity index (χ2v) is 24.3. The summed E-state index contributed by atoms with van der Waals surface area (Å²) in [6.45, 7) is 27.4. The van der Waals surface area contributed by atoms with E-state index in [1.165, 1.54) is 127 Å². The van der Waals surface area contributed by atoms with Crippen molar-refractivity contribution in [2.75, 3.05) is 4.90 Å². The quantitative estimate of drug-likeness (QED) is 0.165. The summed E-state index contributed by atoms with van der Waals surface area (Å²) in [6, 6.07) is 24.6. The molecule has 0 saturated heterocycles. The Labute approximate surface area is 327 Å². The van der Waals surface area contributed by atoms with Crippen molar-refractivity contribution in [1.82, 2.24) is 0 Å². The van der Waals surface area contributed by atoms with Crippen molar-refractivity contribution in [3.8, 4) is 11.1 Å². The number of benzene rings is 6. The van der Waals surface area contributed by atoms with Crippen LogP contribution in [0.1, 0.15) is 66.8 Å². The second-order valence-electron chi connectivity index (χ2n) is 15.7. The minimum Gasteiger partial charge on any atom is -0.308 e. The fourth-order valence-corrected chi connectivity index (χ4v) is 20.2. The molecule has 2 atom stereocenters. The van der Waals surface area contributed by atoms with E-state index in [-0.39, 0.29) is 0 Å². The van der Waals surface area contributed by atoms with E-state index in [4.69, 9.17) is 23.6 Å². The molecule has 0 radical (unpaired) electrons. The van der Waals surface area contributed by atoms with Gasteiger partial charge in [-0.3, -0.25) is 0 Å². The number of aryl methyl sites for hydroxylation is 2. The van der Waals surface area contributed by atoms with Crippen molar-refractivity contribution in [3.05, 3.63) is 146 Å². The Morgan fingerprint density at radius 2 is 0.736 bits per heavy atom. The lowest BCUT2D eigenvalue weighted by Gasteiger charge is -2.48. The first kappa shape index (κ1) is 36.4. The van der Waals surface area contributed by atoms with Crippen LogP contribution in [0.5, 0.6) is 0 Å². The highest BCUT2D eigenvalue weighted by Gasteiger charge is 2.48. The first-order chi connectivity index (χ1) is 25.0. The van der Waals surface area contributed by atoms with Crippen LogP contribution >= 0.6 is 12.1 Å². The van der Waals surface area contributed by atoms with Crippen molar-refractivity contribution in [2.45, 2.75) is 83.1 Å². The Morgan fingerprint density at radius 1 is 0.377 bits per heavy atom. The number of fused-ring (bicyclic) bond motifs is 4. The van der Waals surface area contributed by atoms with E-state index in [1.54, 1.807) is 0 Å². The highest BCUT2D eigenvalue weighted by Crippen LogP contribution is 2.62. The van der Waals surface area contributed by atoms with Crippen molar-refractivity contribution in [3.63, 3.8) is 0 Å². The molecule has 53 heavy (non-hydrogen) atoms. The van der Waals surface area contributed by atoms with Gasteiger partial charge in [0.1, 0.15) is 0 Å². The van der Waals surface area contributed by atoms with E-state index in [9.17, 15) is 0 Å². The summed E-state index contributed by atoms with van der Waals surface area (Å²) in [5, 5.41) is 7.80. The highest BCUT2D eigenvalue weighted by molar-refractivity contribution is 8.27. The number of anilines is 3. The number of nitrogens with zero attached hydrogens (tertiary/aromatic N) is 1. The van der Waals surface area contributed by atoms with Gasteiger partial charge in [0.05, 0.1) is 17.1 Å². The van der Waals surface area contributed by atoms with E-state index in [0.29, 0.717) is 0 Å². The van der Waals surface area contributed by atoms with Gasteiger partial charge in [-0.2, -0.15) is 0 Å². The van der Waals surface area contributed by atoms with Crippen LogP contribution in [0.3, 0.4) is 0 Å². The topological polar surface area (TPSA) is 3.24 Å². The molecule has 0 aromatic heterocycles. The molecule has 6 aromatic rings. The van der Waals surface area contributed by atoms with Crippen LogP contribution in [-0.2, 0) is 23.6 Å². The lowest BCUT2D eigenvalue weighted by atomic mass is 9.95. The Kier molecular flexibility index (Phi) is 8.57. The van der Waals surface area contributed by atoms with Gasteiger partial charge in [-0.05, 0) is 186 Å². The van der Waals surface area contributed by atoms with Gasteiger partial charge in [0.15, 0.2) is 0 Å². The molecule has 5 heteroatoms. The summed E-state index contributed by atoms with van der Waals surface area (Å²) in [5.41, 5.74) is 21.9. The third-order valence-electron chi connectivity index (χ3n) is 13.1. The van der Waals surface area contributed by atoms with E-state index in [1.807, 2.05) is 0 Å². The van der Waals surface area contributed by atoms with Crippen LogP contribution in [0.4, 0.5) is 17.1 Å². The van der Waals surface area contributed by atoms with E-state index in [0.717, 1.165) is 0 Å². The normalized spacial score (nSPS) is 18.5. The van der Waals surface area contributed by atoms with Gasteiger partial charge >= 0.3 is 0 Å². The zero-order valence-corrected chi connectivity index (χ0v) is 36.6. The van der Waals surface area contributed by atoms with E-state index < -0.39 is 12.1 Å². The van der Waals surface area contributed by atoms with Crippen LogP contribution in [0.2, 0.25) is 0 Å². The molecular formula is C48H49NP2S2. The number of hydrogen-bond acceptors (Lipinski definition) is 3. The monoisotopic (exact) mass is 765 g/mol. The summed E-state index contributed by atoms with van der Waals surface area (Å²) in [6.07, 6.45) is 0. The van der Waals surface area contributed by atoms with Crippen LogP contribution in [0.25, 0.3) is 11.1 Å². The van der Waals surface area contributed by atoms with Crippen LogP contribution in [0, 0.1) is 83.1 Å². The molecule has 1 nitrogen and oxygen atoms in total. The molecule has 0 bridgehead atoms. The first-order valence-electron chi connectivity index (χ1n) is 18.7. The van der Waals surface area contributed by atoms with Gasteiger partial charge in [0, 0.05) is 43.9 Å². The zero-order chi connectivity index (χ0) is 38.0. The standard InChI is InChI=1S/C48H49NP2S2/c1-26-18-20-40-42(22-26)50(52,47-34(9)30(5)28(3)31(6)35(47)10)44-24-39(38-16-14-13-15-17-38)25-45-46(44)49(40)41-21-19-27(2)23-43(41)51(45,53)48-36(11)32(7)29(4)33(8)37(48)12/h13-25H,1-12H3. The predicted molar refractivity (Wildman–Crippen MR) is 243 cm³/mol. The van der Waals surface area contributed by atoms with Crippen LogP contribution < -0.4 is 36.7 Å². The summed E-state index contributed by atoms with van der Waals surface area (Å²) in [4.78, 5) is 2.56. The van der Waals surface area contributed by atoms with Crippen molar-refractivity contribution >= 4 is 84.6 Å². The van der Waals surface area contributed by atoms with Crippen LogP contribution in [-0.4, -0.2) is 0 Å². The summed E-state index contributed by atoms with van der Waals surface area (Å²) >= 11 is 15.0. The summed E-state index contributed by atoms with van der Waals surface area (Å²) < 4.78 is 0. The molecule has 6 aromatic carbocycles. The molecular weight excluding hydrogens is 717 g/mol. The molecule has 8 rings (SSSR count). The Hall–Kier alpha value is -3.58. The Bertz CT molecular complexity index is 2480. The van der Waals surface area contributed by atoms with Gasteiger partial charge in [-0.15, -0.1) is 0 Å². The largest absolute Gasteiger partial charge is 0.308 e. The zero-order valence-electron chi connectivity index (χ0n) is 33.2. The average molecular weight is 766 g/mol. The van der Waals surface area contributed by atoms with Gasteiger partial charge in [-0.1, -0.05) is 77.2 Å². The molecule has 0 N–H and O–H groups in total.